The number of fused-ring (bicyclic) bond motifs is 1. The summed E-state index contributed by atoms with van der Waals surface area (Å²) in [6.07, 6.45) is 2.05. The van der Waals surface area contributed by atoms with Crippen molar-refractivity contribution in [3.05, 3.63) is 41.7 Å². The van der Waals surface area contributed by atoms with Crippen molar-refractivity contribution in [2.75, 3.05) is 18.4 Å². The van der Waals surface area contributed by atoms with Crippen LogP contribution in [-0.2, 0) is 9.59 Å². The molecule has 1 unspecified atom stereocenters. The Labute approximate surface area is 166 Å². The van der Waals surface area contributed by atoms with E-state index in [9.17, 15) is 14.0 Å². The molecule has 1 saturated heterocycles. The summed E-state index contributed by atoms with van der Waals surface area (Å²) < 4.78 is 15.1. The molecular formula is C20H21FN4O2S. The fourth-order valence-electron chi connectivity index (χ4n) is 3.50. The summed E-state index contributed by atoms with van der Waals surface area (Å²) >= 11 is 1.45. The molecule has 0 spiro atoms. The summed E-state index contributed by atoms with van der Waals surface area (Å²) in [5, 5.41) is 4.85. The number of nitrogens with one attached hydrogen (secondary N) is 1. The Hall–Kier alpha value is -2.74. The number of halogens is 1. The molecule has 3 aromatic rings. The van der Waals surface area contributed by atoms with Gasteiger partial charge in [0.1, 0.15) is 17.3 Å². The van der Waals surface area contributed by atoms with Crippen LogP contribution in [-0.4, -0.2) is 39.2 Å². The van der Waals surface area contributed by atoms with Gasteiger partial charge in [0, 0.05) is 36.7 Å². The molecule has 0 saturated carbocycles. The van der Waals surface area contributed by atoms with Crippen molar-refractivity contribution >= 4 is 33.9 Å². The number of imidazole rings is 1. The Kier molecular flexibility index (Phi) is 4.89. The third-order valence-corrected chi connectivity index (χ3v) is 5.55. The molecule has 28 heavy (non-hydrogen) atoms. The van der Waals surface area contributed by atoms with E-state index in [0.29, 0.717) is 30.5 Å². The highest BCUT2D eigenvalue weighted by molar-refractivity contribution is 7.15. The third-order valence-electron chi connectivity index (χ3n) is 4.79. The first kappa shape index (κ1) is 18.6. The quantitative estimate of drug-likeness (QED) is 0.711. The lowest BCUT2D eigenvalue weighted by Crippen LogP contribution is -2.31. The van der Waals surface area contributed by atoms with Crippen LogP contribution in [0.4, 0.5) is 10.2 Å². The largest absolute Gasteiger partial charge is 0.342 e. The van der Waals surface area contributed by atoms with Crippen molar-refractivity contribution < 1.29 is 14.0 Å². The Morgan fingerprint density at radius 2 is 2.11 bits per heavy atom. The number of benzene rings is 1. The molecule has 0 aliphatic carbocycles. The number of hydrogen-bond acceptors (Lipinski definition) is 4. The molecule has 1 N–H and O–H groups in total. The van der Waals surface area contributed by atoms with E-state index in [-0.39, 0.29) is 24.1 Å². The maximum atomic E-state index is 13.3. The zero-order valence-corrected chi connectivity index (χ0v) is 16.5. The Bertz CT molecular complexity index is 1020. The lowest BCUT2D eigenvalue weighted by molar-refractivity contribution is -0.128. The minimum Gasteiger partial charge on any atom is -0.342 e. The fraction of sp³-hybridized carbons (Fsp3) is 0.350. The summed E-state index contributed by atoms with van der Waals surface area (Å²) in [6.45, 7) is 5.19. The molecule has 1 fully saturated rings. The van der Waals surface area contributed by atoms with Crippen molar-refractivity contribution in [2.45, 2.75) is 20.3 Å². The SMILES string of the molecule is CC(C)CN1CC(C(=O)Nc2c(-c3ccc(F)cc3)nc3sccn23)CC1=O. The summed E-state index contributed by atoms with van der Waals surface area (Å²) in [4.78, 5) is 32.2. The molecule has 1 aromatic carbocycles. The van der Waals surface area contributed by atoms with Gasteiger partial charge in [0.25, 0.3) is 0 Å². The van der Waals surface area contributed by atoms with Gasteiger partial charge in [-0.3, -0.25) is 14.0 Å². The second kappa shape index (κ2) is 7.35. The summed E-state index contributed by atoms with van der Waals surface area (Å²) in [5.41, 5.74) is 1.31. The van der Waals surface area contributed by atoms with Crippen molar-refractivity contribution in [1.82, 2.24) is 14.3 Å². The number of amides is 2. The van der Waals surface area contributed by atoms with Crippen LogP contribution < -0.4 is 5.32 Å². The van der Waals surface area contributed by atoms with E-state index >= 15 is 0 Å². The minimum absolute atomic E-state index is 0.0153. The monoisotopic (exact) mass is 400 g/mol. The summed E-state index contributed by atoms with van der Waals surface area (Å²) in [5.74, 6) is -0.00201. The van der Waals surface area contributed by atoms with E-state index < -0.39 is 5.92 Å². The Balaban J connectivity index is 1.60. The minimum atomic E-state index is -0.392. The van der Waals surface area contributed by atoms with Gasteiger partial charge in [-0.15, -0.1) is 11.3 Å². The molecule has 4 rings (SSSR count). The number of anilines is 1. The molecule has 3 heterocycles. The predicted octanol–water partition coefficient (Wildman–Crippen LogP) is 3.64. The molecule has 1 atom stereocenters. The highest BCUT2D eigenvalue weighted by Gasteiger charge is 2.35. The number of thiazole rings is 1. The number of aromatic nitrogens is 2. The molecule has 146 valence electrons. The van der Waals surface area contributed by atoms with Gasteiger partial charge in [-0.25, -0.2) is 9.37 Å². The molecule has 8 heteroatoms. The Morgan fingerprint density at radius 1 is 1.36 bits per heavy atom. The van der Waals surface area contributed by atoms with Crippen molar-refractivity contribution in [3.63, 3.8) is 0 Å². The van der Waals surface area contributed by atoms with Gasteiger partial charge in [0.05, 0.1) is 5.92 Å². The number of rotatable bonds is 5. The average molecular weight is 400 g/mol. The topological polar surface area (TPSA) is 66.7 Å². The first-order chi connectivity index (χ1) is 13.4. The lowest BCUT2D eigenvalue weighted by Gasteiger charge is -2.18. The van der Waals surface area contributed by atoms with Gasteiger partial charge in [0.2, 0.25) is 11.8 Å². The van der Waals surface area contributed by atoms with Crippen LogP contribution in [0.5, 0.6) is 0 Å². The highest BCUT2D eigenvalue weighted by atomic mass is 32.1. The number of likely N-dealkylation sites (tertiary alicyclic amines) is 1. The number of carbonyl (C=O) groups is 2. The second-order valence-electron chi connectivity index (χ2n) is 7.45. The van der Waals surface area contributed by atoms with Crippen molar-refractivity contribution in [3.8, 4) is 11.3 Å². The van der Waals surface area contributed by atoms with Crippen LogP contribution in [0.1, 0.15) is 20.3 Å². The van der Waals surface area contributed by atoms with Gasteiger partial charge in [0.15, 0.2) is 4.96 Å². The zero-order chi connectivity index (χ0) is 19.8. The van der Waals surface area contributed by atoms with E-state index in [0.717, 1.165) is 10.5 Å². The fourth-order valence-corrected chi connectivity index (χ4v) is 4.21. The zero-order valence-electron chi connectivity index (χ0n) is 15.7. The average Bonchev–Trinajstić information content (AvgIpc) is 3.32. The van der Waals surface area contributed by atoms with Crippen molar-refractivity contribution in [2.24, 2.45) is 11.8 Å². The normalized spacial score (nSPS) is 17.1. The van der Waals surface area contributed by atoms with Gasteiger partial charge >= 0.3 is 0 Å². The molecule has 6 nitrogen and oxygen atoms in total. The molecular weight excluding hydrogens is 379 g/mol. The number of carbonyl (C=O) groups excluding carboxylic acids is 2. The van der Waals surface area contributed by atoms with Gasteiger partial charge in [-0.2, -0.15) is 0 Å². The van der Waals surface area contributed by atoms with E-state index in [1.54, 1.807) is 17.0 Å². The third kappa shape index (κ3) is 3.52. The predicted molar refractivity (Wildman–Crippen MR) is 107 cm³/mol. The van der Waals surface area contributed by atoms with Crippen LogP contribution in [0.2, 0.25) is 0 Å². The van der Waals surface area contributed by atoms with E-state index in [1.165, 1.54) is 23.5 Å². The van der Waals surface area contributed by atoms with Crippen LogP contribution in [0.15, 0.2) is 35.8 Å². The molecule has 1 aliphatic rings. The maximum Gasteiger partial charge on any atom is 0.230 e. The second-order valence-corrected chi connectivity index (χ2v) is 8.33. The van der Waals surface area contributed by atoms with E-state index in [2.05, 4.69) is 24.1 Å². The molecule has 2 amide bonds. The van der Waals surface area contributed by atoms with Crippen LogP contribution in [0.25, 0.3) is 16.2 Å². The lowest BCUT2D eigenvalue weighted by atomic mass is 10.1. The van der Waals surface area contributed by atoms with Gasteiger partial charge in [-0.05, 0) is 30.2 Å². The van der Waals surface area contributed by atoms with Crippen LogP contribution >= 0.6 is 11.3 Å². The summed E-state index contributed by atoms with van der Waals surface area (Å²) in [6, 6.07) is 6.02. The van der Waals surface area contributed by atoms with Crippen molar-refractivity contribution in [1.29, 1.82) is 0 Å². The van der Waals surface area contributed by atoms with Gasteiger partial charge in [-0.1, -0.05) is 13.8 Å². The van der Waals surface area contributed by atoms with E-state index in [1.807, 2.05) is 16.0 Å². The first-order valence-electron chi connectivity index (χ1n) is 9.22. The summed E-state index contributed by atoms with van der Waals surface area (Å²) in [7, 11) is 0. The molecule has 0 bridgehead atoms. The molecule has 2 aromatic heterocycles. The number of hydrogen-bond donors (Lipinski definition) is 1. The maximum absolute atomic E-state index is 13.3. The molecule has 0 radical (unpaired) electrons. The number of nitrogens with zero attached hydrogens (tertiary/aromatic N) is 3. The Morgan fingerprint density at radius 3 is 2.82 bits per heavy atom. The first-order valence-corrected chi connectivity index (χ1v) is 10.1. The van der Waals surface area contributed by atoms with Gasteiger partial charge < -0.3 is 10.2 Å². The standard InChI is InChI=1S/C20H21FN4O2S/c1-12(2)10-24-11-14(9-16(24)26)19(27)23-18-17(13-3-5-15(21)6-4-13)22-20-25(18)7-8-28-20/h3-8,12,14H,9-11H2,1-2H3,(H,23,27). The highest BCUT2D eigenvalue weighted by Crippen LogP contribution is 2.32. The van der Waals surface area contributed by atoms with E-state index in [4.69, 9.17) is 0 Å². The smallest absolute Gasteiger partial charge is 0.230 e. The molecule has 1 aliphatic heterocycles. The van der Waals surface area contributed by atoms with Crippen LogP contribution in [0.3, 0.4) is 0 Å². The van der Waals surface area contributed by atoms with Crippen LogP contribution in [0, 0.1) is 17.7 Å².